The second kappa shape index (κ2) is 13.9. The second-order valence-electron chi connectivity index (χ2n) is 7.06. The van der Waals surface area contributed by atoms with E-state index in [0.717, 1.165) is 19.4 Å². The molecule has 0 aromatic heterocycles. The molecule has 0 N–H and O–H groups in total. The Morgan fingerprint density at radius 2 is 1.42 bits per heavy atom. The molecule has 0 radical (unpaired) electrons. The third kappa shape index (κ3) is 8.66. The van der Waals surface area contributed by atoms with Gasteiger partial charge in [0.1, 0.15) is 6.10 Å². The van der Waals surface area contributed by atoms with Crippen LogP contribution in [0.25, 0.3) is 0 Å². The summed E-state index contributed by atoms with van der Waals surface area (Å²) in [6.07, 6.45) is 8.79. The minimum Gasteiger partial charge on any atom is -0.375 e. The van der Waals surface area contributed by atoms with Gasteiger partial charge in [0, 0.05) is 19.8 Å². The van der Waals surface area contributed by atoms with E-state index in [9.17, 15) is 0 Å². The number of unbranched alkanes of at least 4 members (excludes halogenated alkanes) is 5. The highest BCUT2D eigenvalue weighted by Gasteiger charge is 2.45. The van der Waals surface area contributed by atoms with Crippen LogP contribution >= 0.6 is 0 Å². The maximum Gasteiger partial charge on any atom is 0.288 e. The summed E-state index contributed by atoms with van der Waals surface area (Å²) >= 11 is 0. The molecule has 0 aromatic carbocycles. The van der Waals surface area contributed by atoms with E-state index in [1.54, 1.807) is 0 Å². The lowest BCUT2D eigenvalue weighted by Gasteiger charge is -2.41. The van der Waals surface area contributed by atoms with Gasteiger partial charge in [0.25, 0.3) is 5.97 Å². The van der Waals surface area contributed by atoms with Crippen LogP contribution in [-0.2, 0) is 23.7 Å². The van der Waals surface area contributed by atoms with E-state index in [2.05, 4.69) is 13.8 Å². The predicted octanol–water partition coefficient (Wildman–Crippen LogP) is 4.92. The van der Waals surface area contributed by atoms with E-state index >= 15 is 0 Å². The van der Waals surface area contributed by atoms with Crippen LogP contribution in [0.4, 0.5) is 0 Å². The normalized spacial score (nSPS) is 19.5. The van der Waals surface area contributed by atoms with Crippen LogP contribution in [0.3, 0.4) is 0 Å². The zero-order valence-electron chi connectivity index (χ0n) is 17.8. The first-order valence-electron chi connectivity index (χ1n) is 10.8. The van der Waals surface area contributed by atoms with E-state index < -0.39 is 5.97 Å². The van der Waals surface area contributed by atoms with Crippen molar-refractivity contribution in [3.63, 3.8) is 0 Å². The van der Waals surface area contributed by atoms with Gasteiger partial charge in [0.15, 0.2) is 0 Å². The fourth-order valence-corrected chi connectivity index (χ4v) is 3.43. The molecule has 1 saturated heterocycles. The third-order valence-electron chi connectivity index (χ3n) is 4.87. The summed E-state index contributed by atoms with van der Waals surface area (Å²) in [5.41, 5.74) is 0. The number of hydrogen-bond acceptors (Lipinski definition) is 5. The average molecular weight is 375 g/mol. The molecule has 1 fully saturated rings. The summed E-state index contributed by atoms with van der Waals surface area (Å²) in [6.45, 7) is 13.4. The van der Waals surface area contributed by atoms with Crippen molar-refractivity contribution < 1.29 is 23.7 Å². The summed E-state index contributed by atoms with van der Waals surface area (Å²) in [6, 6.07) is 0. The molecular weight excluding hydrogens is 332 g/mol. The Bertz CT molecular complexity index is 315. The molecule has 3 unspecified atom stereocenters. The lowest BCUT2D eigenvalue weighted by atomic mass is 9.92. The van der Waals surface area contributed by atoms with Crippen molar-refractivity contribution in [1.29, 1.82) is 0 Å². The smallest absolute Gasteiger partial charge is 0.288 e. The SMILES string of the molecule is CCCCCCCCC(C(C)OCC1CO1)C(OCC)(OCC)OCC. The van der Waals surface area contributed by atoms with Gasteiger partial charge in [0.2, 0.25) is 0 Å². The maximum atomic E-state index is 6.10. The zero-order chi connectivity index (χ0) is 19.3. The van der Waals surface area contributed by atoms with Gasteiger partial charge in [-0.05, 0) is 34.1 Å². The number of rotatable bonds is 18. The van der Waals surface area contributed by atoms with Crippen molar-refractivity contribution in [2.24, 2.45) is 5.92 Å². The monoisotopic (exact) mass is 374 g/mol. The topological polar surface area (TPSA) is 49.5 Å². The molecule has 1 aliphatic rings. The first kappa shape index (κ1) is 23.8. The molecule has 1 aliphatic heterocycles. The molecule has 5 nitrogen and oxygen atoms in total. The Balaban J connectivity index is 2.71. The summed E-state index contributed by atoms with van der Waals surface area (Å²) in [5, 5.41) is 0. The number of hydrogen-bond donors (Lipinski definition) is 0. The minimum atomic E-state index is -1.02. The van der Waals surface area contributed by atoms with E-state index in [0.29, 0.717) is 26.4 Å². The molecule has 3 atom stereocenters. The largest absolute Gasteiger partial charge is 0.375 e. The van der Waals surface area contributed by atoms with Crippen molar-refractivity contribution in [2.45, 2.75) is 97.7 Å². The van der Waals surface area contributed by atoms with Crippen LogP contribution < -0.4 is 0 Å². The van der Waals surface area contributed by atoms with Gasteiger partial charge in [-0.15, -0.1) is 0 Å². The molecule has 5 heteroatoms. The molecule has 1 heterocycles. The summed E-state index contributed by atoms with van der Waals surface area (Å²) in [4.78, 5) is 0. The molecule has 0 aromatic rings. The lowest BCUT2D eigenvalue weighted by molar-refractivity contribution is -0.411. The molecule has 0 aliphatic carbocycles. The summed E-state index contributed by atoms with van der Waals surface area (Å²) in [7, 11) is 0. The van der Waals surface area contributed by atoms with Gasteiger partial charge in [-0.2, -0.15) is 0 Å². The lowest BCUT2D eigenvalue weighted by Crippen LogP contribution is -2.51. The number of ether oxygens (including phenoxy) is 5. The van der Waals surface area contributed by atoms with Crippen molar-refractivity contribution in [3.8, 4) is 0 Å². The van der Waals surface area contributed by atoms with Crippen LogP contribution in [0, 0.1) is 5.92 Å². The van der Waals surface area contributed by atoms with Crippen LogP contribution in [0.15, 0.2) is 0 Å². The van der Waals surface area contributed by atoms with Crippen LogP contribution in [0.1, 0.15) is 79.6 Å². The zero-order valence-corrected chi connectivity index (χ0v) is 17.8. The van der Waals surface area contributed by atoms with E-state index in [1.807, 2.05) is 20.8 Å². The Kier molecular flexibility index (Phi) is 12.7. The molecule has 1 rings (SSSR count). The van der Waals surface area contributed by atoms with Gasteiger partial charge < -0.3 is 23.7 Å². The van der Waals surface area contributed by atoms with E-state index in [4.69, 9.17) is 23.7 Å². The first-order valence-corrected chi connectivity index (χ1v) is 10.8. The van der Waals surface area contributed by atoms with Crippen molar-refractivity contribution in [1.82, 2.24) is 0 Å². The standard InChI is InChI=1S/C21H42O5/c1-6-10-11-12-13-14-15-20(18(5)22-16-19-17-23-19)21(24-7-2,25-8-3)26-9-4/h18-20H,6-17H2,1-5H3. The first-order chi connectivity index (χ1) is 12.6. The van der Waals surface area contributed by atoms with Crippen LogP contribution in [0.2, 0.25) is 0 Å². The molecule has 0 amide bonds. The highest BCUT2D eigenvalue weighted by molar-refractivity contribution is 4.79. The molecule has 0 spiro atoms. The Morgan fingerprint density at radius 1 is 0.885 bits per heavy atom. The molecular formula is C21H42O5. The maximum absolute atomic E-state index is 6.10. The minimum absolute atomic E-state index is 0.0144. The third-order valence-corrected chi connectivity index (χ3v) is 4.87. The quantitative estimate of drug-likeness (QED) is 0.194. The fourth-order valence-electron chi connectivity index (χ4n) is 3.43. The second-order valence-corrected chi connectivity index (χ2v) is 7.06. The fraction of sp³-hybridized carbons (Fsp3) is 1.00. The Labute approximate surface area is 161 Å². The summed E-state index contributed by atoms with van der Waals surface area (Å²) in [5.74, 6) is -0.988. The van der Waals surface area contributed by atoms with Crippen molar-refractivity contribution >= 4 is 0 Å². The van der Waals surface area contributed by atoms with E-state index in [-0.39, 0.29) is 18.1 Å². The predicted molar refractivity (Wildman–Crippen MR) is 104 cm³/mol. The molecule has 156 valence electrons. The molecule has 26 heavy (non-hydrogen) atoms. The van der Waals surface area contributed by atoms with E-state index in [1.165, 1.54) is 32.1 Å². The summed E-state index contributed by atoms with van der Waals surface area (Å²) < 4.78 is 29.6. The highest BCUT2D eigenvalue weighted by Crippen LogP contribution is 2.34. The Morgan fingerprint density at radius 3 is 1.92 bits per heavy atom. The van der Waals surface area contributed by atoms with Crippen LogP contribution in [0.5, 0.6) is 0 Å². The number of epoxide rings is 1. The molecule has 0 saturated carbocycles. The highest BCUT2D eigenvalue weighted by atomic mass is 16.9. The van der Waals surface area contributed by atoms with Crippen molar-refractivity contribution in [2.75, 3.05) is 33.0 Å². The van der Waals surface area contributed by atoms with Gasteiger partial charge >= 0.3 is 0 Å². The van der Waals surface area contributed by atoms with Gasteiger partial charge in [-0.25, -0.2) is 0 Å². The van der Waals surface area contributed by atoms with Crippen molar-refractivity contribution in [3.05, 3.63) is 0 Å². The van der Waals surface area contributed by atoms with Crippen LogP contribution in [-0.4, -0.2) is 51.2 Å². The van der Waals surface area contributed by atoms with Gasteiger partial charge in [-0.3, -0.25) is 0 Å². The Hall–Kier alpha value is -0.200. The average Bonchev–Trinajstić information content (AvgIpc) is 3.44. The van der Waals surface area contributed by atoms with Gasteiger partial charge in [-0.1, -0.05) is 45.4 Å². The molecule has 0 bridgehead atoms. The van der Waals surface area contributed by atoms with Gasteiger partial charge in [0.05, 0.1) is 25.2 Å².